The molecule has 0 radical (unpaired) electrons. The topological polar surface area (TPSA) is 114 Å². The van der Waals surface area contributed by atoms with E-state index < -0.39 is 27.6 Å². The fourth-order valence-electron chi connectivity index (χ4n) is 3.32. The number of nitrogens with one attached hydrogen (secondary N) is 3. The van der Waals surface area contributed by atoms with Crippen LogP contribution in [-0.2, 0) is 23.2 Å². The summed E-state index contributed by atoms with van der Waals surface area (Å²) in [5.74, 6) is -0.422. The fourth-order valence-corrected chi connectivity index (χ4v) is 4.42. The van der Waals surface area contributed by atoms with E-state index in [0.717, 1.165) is 10.9 Å². The lowest BCUT2D eigenvalue weighted by molar-refractivity contribution is -0.137. The molecule has 4 aromatic rings. The molecule has 0 unspecified atom stereocenters. The van der Waals surface area contributed by atoms with Gasteiger partial charge in [0.25, 0.3) is 0 Å². The molecular formula is C22H22F3N7O2S. The van der Waals surface area contributed by atoms with E-state index in [0.29, 0.717) is 11.9 Å². The number of benzene rings is 2. The third-order valence-electron chi connectivity index (χ3n) is 5.09. The van der Waals surface area contributed by atoms with Crippen molar-refractivity contribution in [1.82, 2.24) is 24.5 Å². The van der Waals surface area contributed by atoms with Gasteiger partial charge < -0.3 is 10.6 Å². The zero-order valence-electron chi connectivity index (χ0n) is 18.5. The van der Waals surface area contributed by atoms with Crippen molar-refractivity contribution in [2.45, 2.75) is 17.5 Å². The van der Waals surface area contributed by atoms with E-state index in [4.69, 9.17) is 0 Å². The number of sulfonamides is 1. The van der Waals surface area contributed by atoms with Gasteiger partial charge in [-0.2, -0.15) is 23.3 Å². The number of aromatic nitrogens is 4. The van der Waals surface area contributed by atoms with Crippen LogP contribution in [0.2, 0.25) is 0 Å². The van der Waals surface area contributed by atoms with Crippen LogP contribution in [0, 0.1) is 0 Å². The van der Waals surface area contributed by atoms with Crippen LogP contribution in [0.5, 0.6) is 0 Å². The van der Waals surface area contributed by atoms with Gasteiger partial charge in [-0.25, -0.2) is 18.1 Å². The van der Waals surface area contributed by atoms with Crippen LogP contribution in [-0.4, -0.2) is 41.3 Å². The van der Waals surface area contributed by atoms with Gasteiger partial charge in [0.2, 0.25) is 16.0 Å². The highest BCUT2D eigenvalue weighted by Gasteiger charge is 2.35. The van der Waals surface area contributed by atoms with Crippen molar-refractivity contribution >= 4 is 38.4 Å². The second-order valence-corrected chi connectivity index (χ2v) is 9.38. The largest absolute Gasteiger partial charge is 0.421 e. The molecule has 0 fully saturated rings. The second kappa shape index (κ2) is 9.88. The highest BCUT2D eigenvalue weighted by Crippen LogP contribution is 2.34. The van der Waals surface area contributed by atoms with Gasteiger partial charge in [-0.15, -0.1) is 0 Å². The number of hydrogen-bond acceptors (Lipinski definition) is 7. The molecule has 4 rings (SSSR count). The molecule has 2 aromatic carbocycles. The smallest absolute Gasteiger partial charge is 0.369 e. The van der Waals surface area contributed by atoms with Crippen molar-refractivity contribution in [1.29, 1.82) is 0 Å². The molecule has 3 N–H and O–H groups in total. The maximum Gasteiger partial charge on any atom is 0.421 e. The summed E-state index contributed by atoms with van der Waals surface area (Å²) in [5.41, 5.74) is 0.398. The number of hydrogen-bond donors (Lipinski definition) is 3. The molecule has 9 nitrogen and oxygen atoms in total. The zero-order valence-corrected chi connectivity index (χ0v) is 19.4. The second-order valence-electron chi connectivity index (χ2n) is 7.61. The molecular weight excluding hydrogens is 483 g/mol. The Bertz CT molecular complexity index is 1420. The van der Waals surface area contributed by atoms with Crippen LogP contribution in [0.25, 0.3) is 10.9 Å². The van der Waals surface area contributed by atoms with Crippen molar-refractivity contribution < 1.29 is 21.6 Å². The number of anilines is 3. The van der Waals surface area contributed by atoms with E-state index in [1.54, 1.807) is 48.3 Å². The molecule has 35 heavy (non-hydrogen) atoms. The van der Waals surface area contributed by atoms with Gasteiger partial charge in [0, 0.05) is 37.4 Å². The van der Waals surface area contributed by atoms with E-state index in [1.165, 1.54) is 12.1 Å². The van der Waals surface area contributed by atoms with Crippen LogP contribution in [0.1, 0.15) is 12.0 Å². The Balaban J connectivity index is 1.42. The fraction of sp³-hybridized carbons (Fsp3) is 0.227. The molecule has 0 saturated heterocycles. The number of fused-ring (bicyclic) bond motifs is 1. The monoisotopic (exact) mass is 505 g/mol. The minimum Gasteiger partial charge on any atom is -0.369 e. The minimum atomic E-state index is -4.66. The first-order valence-corrected chi connectivity index (χ1v) is 12.0. The first kappa shape index (κ1) is 24.4. The summed E-state index contributed by atoms with van der Waals surface area (Å²) in [6, 6.07) is 13.2. The van der Waals surface area contributed by atoms with Crippen molar-refractivity contribution in [3.8, 4) is 0 Å². The average molecular weight is 506 g/mol. The predicted octanol–water partition coefficient (Wildman–Crippen LogP) is 3.91. The summed E-state index contributed by atoms with van der Waals surface area (Å²) < 4.78 is 69.0. The van der Waals surface area contributed by atoms with Gasteiger partial charge in [0.15, 0.2) is 0 Å². The van der Waals surface area contributed by atoms with Crippen molar-refractivity contribution in [2.24, 2.45) is 7.05 Å². The first-order chi connectivity index (χ1) is 16.6. The van der Waals surface area contributed by atoms with Gasteiger partial charge >= 0.3 is 6.18 Å². The lowest BCUT2D eigenvalue weighted by atomic mass is 10.2. The summed E-state index contributed by atoms with van der Waals surface area (Å²) in [6.45, 7) is 0.0876. The summed E-state index contributed by atoms with van der Waals surface area (Å²) in [6.07, 6.45) is -2.02. The van der Waals surface area contributed by atoms with Crippen molar-refractivity contribution in [3.63, 3.8) is 0 Å². The van der Waals surface area contributed by atoms with E-state index in [1.807, 2.05) is 6.07 Å². The Hall–Kier alpha value is -3.71. The van der Waals surface area contributed by atoms with Crippen LogP contribution in [0.3, 0.4) is 0 Å². The normalized spacial score (nSPS) is 12.1. The van der Waals surface area contributed by atoms with Crippen molar-refractivity contribution in [3.05, 3.63) is 66.5 Å². The number of rotatable bonds is 9. The van der Waals surface area contributed by atoms with E-state index >= 15 is 0 Å². The maximum atomic E-state index is 13.5. The molecule has 0 bridgehead atoms. The molecule has 0 saturated carbocycles. The summed E-state index contributed by atoms with van der Waals surface area (Å²) >= 11 is 0. The molecule has 184 valence electrons. The standard InChI is InChI=1S/C22H22F3N7O2S/c1-32-19-12-16(9-8-15(19)13-28-32)30-21-27-14-18(22(23,24)25)20(31-21)26-10-5-11-29-35(33,34)17-6-3-2-4-7-17/h2-4,6-9,12-14,29H,5,10-11H2,1H3,(H2,26,27,30,31). The predicted molar refractivity (Wildman–Crippen MR) is 126 cm³/mol. The van der Waals surface area contributed by atoms with E-state index in [2.05, 4.69) is 30.4 Å². The molecule has 2 aromatic heterocycles. The van der Waals surface area contributed by atoms with Crippen LogP contribution in [0.4, 0.5) is 30.6 Å². The molecule has 0 aliphatic rings. The van der Waals surface area contributed by atoms with Gasteiger partial charge in [0.1, 0.15) is 11.4 Å². The number of alkyl halides is 3. The van der Waals surface area contributed by atoms with Crippen LogP contribution >= 0.6 is 0 Å². The Morgan fingerprint density at radius 2 is 1.80 bits per heavy atom. The van der Waals surface area contributed by atoms with Gasteiger partial charge in [-0.1, -0.05) is 18.2 Å². The Kier molecular flexibility index (Phi) is 6.89. The molecule has 0 spiro atoms. The number of halogens is 3. The highest BCUT2D eigenvalue weighted by atomic mass is 32.2. The lowest BCUT2D eigenvalue weighted by Gasteiger charge is -2.15. The molecule has 0 aliphatic heterocycles. The van der Waals surface area contributed by atoms with Crippen LogP contribution in [0.15, 0.2) is 65.8 Å². The Morgan fingerprint density at radius 1 is 1.03 bits per heavy atom. The minimum absolute atomic E-state index is 0.0215. The first-order valence-electron chi connectivity index (χ1n) is 10.5. The van der Waals surface area contributed by atoms with Gasteiger partial charge in [-0.3, -0.25) is 4.68 Å². The van der Waals surface area contributed by atoms with Gasteiger partial charge in [-0.05, 0) is 36.8 Å². The molecule has 0 amide bonds. The third-order valence-corrected chi connectivity index (χ3v) is 6.57. The quantitative estimate of drug-likeness (QED) is 0.296. The average Bonchev–Trinajstić information content (AvgIpc) is 3.19. The Morgan fingerprint density at radius 3 is 2.54 bits per heavy atom. The number of aryl methyl sites for hydroxylation is 1. The molecule has 0 atom stereocenters. The van der Waals surface area contributed by atoms with Gasteiger partial charge in [0.05, 0.1) is 16.6 Å². The SMILES string of the molecule is Cn1ncc2ccc(Nc3ncc(C(F)(F)F)c(NCCCNS(=O)(=O)c4ccccc4)n3)cc21. The van der Waals surface area contributed by atoms with E-state index in [9.17, 15) is 21.6 Å². The third kappa shape index (κ3) is 5.87. The maximum absolute atomic E-state index is 13.5. The molecule has 0 aliphatic carbocycles. The summed E-state index contributed by atoms with van der Waals surface area (Å²) in [7, 11) is -1.91. The summed E-state index contributed by atoms with van der Waals surface area (Å²) in [5, 5.41) is 10.6. The van der Waals surface area contributed by atoms with E-state index in [-0.39, 0.29) is 30.4 Å². The molecule has 2 heterocycles. The summed E-state index contributed by atoms with van der Waals surface area (Å²) in [4.78, 5) is 7.92. The highest BCUT2D eigenvalue weighted by molar-refractivity contribution is 7.89. The van der Waals surface area contributed by atoms with Crippen molar-refractivity contribution in [2.75, 3.05) is 23.7 Å². The molecule has 13 heteroatoms. The number of nitrogens with zero attached hydrogens (tertiary/aromatic N) is 4. The zero-order chi connectivity index (χ0) is 25.1. The Labute approximate surface area is 199 Å². The van der Waals surface area contributed by atoms with Crippen LogP contribution < -0.4 is 15.4 Å². The lowest BCUT2D eigenvalue weighted by Crippen LogP contribution is -2.26.